The van der Waals surface area contributed by atoms with Crippen LogP contribution in [-0.4, -0.2) is 65.3 Å². The highest BCUT2D eigenvalue weighted by molar-refractivity contribution is 6.81. The zero-order valence-corrected chi connectivity index (χ0v) is 25.3. The van der Waals surface area contributed by atoms with Gasteiger partial charge in [0, 0.05) is 11.7 Å². The molecule has 32 heavy (non-hydrogen) atoms. The Morgan fingerprint density at radius 1 is 1.03 bits per heavy atom. The molecular weight excluding hydrogens is 447 g/mol. The van der Waals surface area contributed by atoms with Gasteiger partial charge in [0.1, 0.15) is 0 Å². The highest BCUT2D eigenvalue weighted by atomic mass is 28.4. The van der Waals surface area contributed by atoms with Crippen molar-refractivity contribution in [3.8, 4) is 0 Å². The molecule has 4 nitrogen and oxygen atoms in total. The largest absolute Gasteiger partial charge is 0.415 e. The van der Waals surface area contributed by atoms with E-state index in [0.717, 1.165) is 0 Å². The molecule has 1 aromatic rings. The Labute approximate surface area is 200 Å². The predicted molar refractivity (Wildman–Crippen MR) is 146 cm³/mol. The number of benzene rings is 1. The van der Waals surface area contributed by atoms with Crippen LogP contribution in [0.15, 0.2) is 42.1 Å². The quantitative estimate of drug-likeness (QED) is 0.395. The van der Waals surface area contributed by atoms with Crippen LogP contribution in [0.1, 0.15) is 31.1 Å². The highest BCUT2D eigenvalue weighted by Gasteiger charge is 2.40. The first kappa shape index (κ1) is 29.0. The van der Waals surface area contributed by atoms with E-state index < -0.39 is 36.6 Å². The summed E-state index contributed by atoms with van der Waals surface area (Å²) in [6.45, 7) is 24.9. The third-order valence-electron chi connectivity index (χ3n) is 5.94. The van der Waals surface area contributed by atoms with E-state index in [-0.39, 0.29) is 10.9 Å². The second kappa shape index (κ2) is 11.0. The lowest BCUT2D eigenvalue weighted by molar-refractivity contribution is 0.0373. The van der Waals surface area contributed by atoms with E-state index >= 15 is 0 Å². The van der Waals surface area contributed by atoms with E-state index in [4.69, 9.17) is 4.43 Å². The van der Waals surface area contributed by atoms with Crippen molar-refractivity contribution in [2.75, 3.05) is 12.8 Å². The van der Waals surface area contributed by atoms with Crippen molar-refractivity contribution in [2.24, 2.45) is 0 Å². The summed E-state index contributed by atoms with van der Waals surface area (Å²) in [5.41, 5.74) is 2.82. The Morgan fingerprint density at radius 3 is 2.00 bits per heavy atom. The lowest BCUT2D eigenvalue weighted by atomic mass is 10.1. The molecule has 0 unspecified atom stereocenters. The van der Waals surface area contributed by atoms with Crippen LogP contribution in [0.3, 0.4) is 0 Å². The zero-order chi connectivity index (χ0) is 25.0. The van der Waals surface area contributed by atoms with Crippen LogP contribution in [0.4, 0.5) is 0 Å². The fourth-order valence-corrected chi connectivity index (χ4v) is 6.19. The molecule has 0 saturated carbocycles. The van der Waals surface area contributed by atoms with Crippen molar-refractivity contribution in [2.45, 2.75) is 90.3 Å². The van der Waals surface area contributed by atoms with Gasteiger partial charge in [-0.15, -0.1) is 0 Å². The first-order valence-corrected chi connectivity index (χ1v) is 21.9. The van der Waals surface area contributed by atoms with Crippen LogP contribution in [0.5, 0.6) is 0 Å². The molecule has 2 atom stereocenters. The Kier molecular flexibility index (Phi) is 9.94. The van der Waals surface area contributed by atoms with E-state index in [1.165, 1.54) is 0 Å². The number of aliphatic hydroxyl groups is 1. The van der Waals surface area contributed by atoms with E-state index in [0.29, 0.717) is 18.3 Å². The molecule has 0 heterocycles. The number of nitrogens with zero attached hydrogens (tertiary/aromatic N) is 1. The minimum absolute atomic E-state index is 0.0303. The topological polar surface area (TPSA) is 49.8 Å². The number of carbonyl (C=O) groups is 1. The van der Waals surface area contributed by atoms with Crippen LogP contribution < -0.4 is 0 Å². The third kappa shape index (κ3) is 9.47. The number of carbonyl (C=O) groups excluding carboxylic acids is 1. The first-order valence-electron chi connectivity index (χ1n) is 11.7. The Balaban J connectivity index is 3.41. The summed E-state index contributed by atoms with van der Waals surface area (Å²) in [4.78, 5) is 15.6. The maximum Gasteiger partial charge on any atom is 0.254 e. The fourth-order valence-electron chi connectivity index (χ4n) is 3.00. The van der Waals surface area contributed by atoms with Crippen molar-refractivity contribution in [3.63, 3.8) is 0 Å². The second-order valence-corrected chi connectivity index (χ2v) is 28.0. The van der Waals surface area contributed by atoms with Gasteiger partial charge in [-0.1, -0.05) is 90.0 Å². The standard InChI is InChI=1S/C25H47NO3Si3/c1-25(2,3)32(10,11)29-19-22(23(27)17-18-30(4,5)6)26(20-31(7,8)9)24(28)21-15-13-12-14-16-21/h12-18,22-23,27H,19-20H2,1-11H3/b18-17+/t22-,23+/m1/s1. The fraction of sp³-hybridized carbons (Fsp3) is 0.640. The van der Waals surface area contributed by atoms with Gasteiger partial charge in [-0.25, -0.2) is 0 Å². The van der Waals surface area contributed by atoms with Crippen molar-refractivity contribution >= 4 is 30.4 Å². The predicted octanol–water partition coefficient (Wildman–Crippen LogP) is 6.19. The molecule has 0 aliphatic carbocycles. The molecule has 7 heteroatoms. The molecule has 0 spiro atoms. The van der Waals surface area contributed by atoms with E-state index in [9.17, 15) is 9.90 Å². The molecule has 0 aromatic heterocycles. The summed E-state index contributed by atoms with van der Waals surface area (Å²) in [6, 6.07) is 9.00. The number of hydrogen-bond donors (Lipinski definition) is 1. The zero-order valence-electron chi connectivity index (χ0n) is 22.3. The molecule has 0 aliphatic heterocycles. The monoisotopic (exact) mass is 493 g/mol. The molecule has 1 rings (SSSR count). The molecule has 0 saturated heterocycles. The van der Waals surface area contributed by atoms with Gasteiger partial charge in [-0.3, -0.25) is 4.79 Å². The summed E-state index contributed by atoms with van der Waals surface area (Å²) < 4.78 is 6.57. The average molecular weight is 494 g/mol. The summed E-state index contributed by atoms with van der Waals surface area (Å²) >= 11 is 0. The third-order valence-corrected chi connectivity index (χ3v) is 12.9. The van der Waals surface area contributed by atoms with Gasteiger partial charge in [-0.2, -0.15) is 0 Å². The van der Waals surface area contributed by atoms with E-state index in [2.05, 4.69) is 78.8 Å². The van der Waals surface area contributed by atoms with Gasteiger partial charge in [0.15, 0.2) is 8.32 Å². The minimum atomic E-state index is -2.04. The maximum atomic E-state index is 13.7. The average Bonchev–Trinajstić information content (AvgIpc) is 2.63. The summed E-state index contributed by atoms with van der Waals surface area (Å²) in [6.07, 6.45) is 1.81. The first-order chi connectivity index (χ1) is 14.3. The molecular formula is C25H47NO3Si3. The van der Waals surface area contributed by atoms with Gasteiger partial charge in [0.05, 0.1) is 34.9 Å². The summed E-state index contributed by atoms with van der Waals surface area (Å²) in [5, 5.41) is 11.4. The number of hydrogen-bond acceptors (Lipinski definition) is 3. The molecule has 0 aliphatic rings. The minimum Gasteiger partial charge on any atom is -0.415 e. The van der Waals surface area contributed by atoms with E-state index in [1.807, 2.05) is 41.3 Å². The van der Waals surface area contributed by atoms with Crippen LogP contribution in [0, 0.1) is 0 Å². The maximum absolute atomic E-state index is 13.7. The number of rotatable bonds is 10. The molecule has 0 fully saturated rings. The molecule has 0 bridgehead atoms. The number of aliphatic hydroxyl groups excluding tert-OH is 1. The van der Waals surface area contributed by atoms with Crippen LogP contribution in [-0.2, 0) is 4.43 Å². The van der Waals surface area contributed by atoms with Gasteiger partial charge >= 0.3 is 0 Å². The van der Waals surface area contributed by atoms with Crippen molar-refractivity contribution in [1.29, 1.82) is 0 Å². The molecule has 1 N–H and O–H groups in total. The molecule has 1 amide bonds. The second-order valence-electron chi connectivity index (χ2n) is 12.7. The Morgan fingerprint density at radius 2 is 1.56 bits per heavy atom. The van der Waals surface area contributed by atoms with Crippen LogP contribution in [0.25, 0.3) is 0 Å². The Hall–Kier alpha value is -0.999. The van der Waals surface area contributed by atoms with E-state index in [1.54, 1.807) is 0 Å². The van der Waals surface area contributed by atoms with Crippen molar-refractivity contribution < 1.29 is 14.3 Å². The number of amides is 1. The normalized spacial score (nSPS) is 15.6. The smallest absolute Gasteiger partial charge is 0.254 e. The van der Waals surface area contributed by atoms with Gasteiger partial charge in [0.25, 0.3) is 5.91 Å². The summed E-state index contributed by atoms with van der Waals surface area (Å²) in [5.74, 6) is -0.0303. The van der Waals surface area contributed by atoms with Crippen LogP contribution in [0.2, 0.25) is 57.4 Å². The van der Waals surface area contributed by atoms with Gasteiger partial charge in [-0.05, 0) is 30.3 Å². The van der Waals surface area contributed by atoms with Crippen LogP contribution >= 0.6 is 0 Å². The lowest BCUT2D eigenvalue weighted by Gasteiger charge is -2.42. The van der Waals surface area contributed by atoms with Crippen molar-refractivity contribution in [1.82, 2.24) is 4.90 Å². The SMILES string of the molecule is CC(C)(C)[Si](C)(C)OC[C@H]([C@@H](O)/C=C/[Si](C)(C)C)N(C[Si](C)(C)C)C(=O)c1ccccc1. The Bertz CT molecular complexity index is 759. The molecule has 182 valence electrons. The lowest BCUT2D eigenvalue weighted by Crippen LogP contribution is -2.56. The molecule has 1 aromatic carbocycles. The van der Waals surface area contributed by atoms with Gasteiger partial charge in [0.2, 0.25) is 0 Å². The van der Waals surface area contributed by atoms with Crippen molar-refractivity contribution in [3.05, 3.63) is 47.7 Å². The van der Waals surface area contributed by atoms with Gasteiger partial charge < -0.3 is 14.4 Å². The summed E-state index contributed by atoms with van der Waals surface area (Å²) in [7, 11) is -5.20. The molecule has 0 radical (unpaired) electrons. The highest BCUT2D eigenvalue weighted by Crippen LogP contribution is 2.37.